The van der Waals surface area contributed by atoms with E-state index < -0.39 is 35.4 Å². The second kappa shape index (κ2) is 5.57. The average Bonchev–Trinajstić information content (AvgIpc) is 2.28. The molecule has 7 heteroatoms. The van der Waals surface area contributed by atoms with Crippen molar-refractivity contribution in [2.24, 2.45) is 0 Å². The first-order valence-electron chi connectivity index (χ1n) is 5.46. The highest BCUT2D eigenvalue weighted by Crippen LogP contribution is 2.27. The van der Waals surface area contributed by atoms with Crippen LogP contribution in [0.1, 0.15) is 23.7 Å². The maximum atomic E-state index is 11.7. The molecule has 1 atom stereocenters. The SMILES string of the molecule is CC(O)(CNC(=O)c1cccc(O)c1O)CC(=O)O. The van der Waals surface area contributed by atoms with Crippen LogP contribution in [0.4, 0.5) is 0 Å². The van der Waals surface area contributed by atoms with Crippen LogP contribution < -0.4 is 5.32 Å². The number of carbonyl (C=O) groups excluding carboxylic acids is 1. The Balaban J connectivity index is 2.71. The van der Waals surface area contributed by atoms with Crippen LogP contribution in [0.5, 0.6) is 11.5 Å². The number of carboxylic acids is 1. The normalized spacial score (nSPS) is 13.6. The van der Waals surface area contributed by atoms with Gasteiger partial charge in [0.1, 0.15) is 0 Å². The number of nitrogens with one attached hydrogen (secondary N) is 1. The largest absolute Gasteiger partial charge is 0.504 e. The van der Waals surface area contributed by atoms with Crippen LogP contribution in [-0.4, -0.2) is 44.4 Å². The monoisotopic (exact) mass is 269 g/mol. The zero-order valence-electron chi connectivity index (χ0n) is 10.3. The Kier molecular flexibility index (Phi) is 4.34. The molecule has 1 aromatic carbocycles. The number of aliphatic hydroxyl groups is 1. The average molecular weight is 269 g/mol. The van der Waals surface area contributed by atoms with Gasteiger partial charge in [-0.3, -0.25) is 9.59 Å². The van der Waals surface area contributed by atoms with Gasteiger partial charge in [-0.05, 0) is 19.1 Å². The smallest absolute Gasteiger partial charge is 0.306 e. The van der Waals surface area contributed by atoms with Crippen molar-refractivity contribution < 1.29 is 30.0 Å². The molecule has 0 aliphatic rings. The molecule has 0 saturated carbocycles. The van der Waals surface area contributed by atoms with Gasteiger partial charge in [-0.25, -0.2) is 0 Å². The zero-order valence-corrected chi connectivity index (χ0v) is 10.3. The van der Waals surface area contributed by atoms with Crippen LogP contribution in [-0.2, 0) is 4.79 Å². The standard InChI is InChI=1S/C12H15NO6/c1-12(19,5-9(15)16)6-13-11(18)7-3-2-4-8(14)10(7)17/h2-4,14,17,19H,5-6H2,1H3,(H,13,18)(H,15,16). The molecular weight excluding hydrogens is 254 g/mol. The Morgan fingerprint density at radius 2 is 1.95 bits per heavy atom. The molecule has 5 N–H and O–H groups in total. The number of phenolic OH excluding ortho intramolecular Hbond substituents is 2. The number of carbonyl (C=O) groups is 2. The van der Waals surface area contributed by atoms with Gasteiger partial charge in [0.2, 0.25) is 0 Å². The van der Waals surface area contributed by atoms with Gasteiger partial charge in [-0.2, -0.15) is 0 Å². The topological polar surface area (TPSA) is 127 Å². The van der Waals surface area contributed by atoms with Gasteiger partial charge in [0, 0.05) is 6.54 Å². The van der Waals surface area contributed by atoms with Crippen molar-refractivity contribution in [2.75, 3.05) is 6.54 Å². The molecule has 0 heterocycles. The first-order chi connectivity index (χ1) is 8.73. The predicted octanol–water partition coefficient (Wildman–Crippen LogP) is 0.0533. The van der Waals surface area contributed by atoms with Crippen LogP contribution in [0.3, 0.4) is 0 Å². The lowest BCUT2D eigenvalue weighted by Crippen LogP contribution is -2.42. The summed E-state index contributed by atoms with van der Waals surface area (Å²) in [6, 6.07) is 3.88. The molecule has 0 fully saturated rings. The highest BCUT2D eigenvalue weighted by molar-refractivity contribution is 5.97. The van der Waals surface area contributed by atoms with E-state index in [0.717, 1.165) is 0 Å². The summed E-state index contributed by atoms with van der Waals surface area (Å²) in [5.74, 6) is -2.93. The number of para-hydroxylation sites is 1. The van der Waals surface area contributed by atoms with E-state index in [1.165, 1.54) is 25.1 Å². The summed E-state index contributed by atoms with van der Waals surface area (Å²) in [6.45, 7) is 0.969. The van der Waals surface area contributed by atoms with E-state index >= 15 is 0 Å². The van der Waals surface area contributed by atoms with Gasteiger partial charge in [0.05, 0.1) is 17.6 Å². The van der Waals surface area contributed by atoms with Crippen LogP contribution >= 0.6 is 0 Å². The number of rotatable bonds is 5. The fourth-order valence-electron chi connectivity index (χ4n) is 1.47. The van der Waals surface area contributed by atoms with Crippen molar-refractivity contribution in [3.63, 3.8) is 0 Å². The first-order valence-corrected chi connectivity index (χ1v) is 5.46. The molecule has 104 valence electrons. The van der Waals surface area contributed by atoms with Gasteiger partial charge < -0.3 is 25.7 Å². The summed E-state index contributed by atoms with van der Waals surface area (Å²) < 4.78 is 0. The van der Waals surface area contributed by atoms with Gasteiger partial charge in [0.25, 0.3) is 5.91 Å². The third kappa shape index (κ3) is 4.14. The Labute approximate surface area is 109 Å². The number of benzene rings is 1. The summed E-state index contributed by atoms with van der Waals surface area (Å²) in [6.07, 6.45) is -0.528. The Morgan fingerprint density at radius 3 is 2.53 bits per heavy atom. The highest BCUT2D eigenvalue weighted by atomic mass is 16.4. The number of amides is 1. The minimum atomic E-state index is -1.60. The second-order valence-corrected chi connectivity index (χ2v) is 4.42. The third-order valence-corrected chi connectivity index (χ3v) is 2.42. The molecule has 1 unspecified atom stereocenters. The summed E-state index contributed by atoms with van der Waals surface area (Å²) in [5.41, 5.74) is -1.76. The lowest BCUT2D eigenvalue weighted by Gasteiger charge is -2.21. The van der Waals surface area contributed by atoms with Crippen LogP contribution in [0.15, 0.2) is 18.2 Å². The van der Waals surface area contributed by atoms with Crippen LogP contribution in [0, 0.1) is 0 Å². The third-order valence-electron chi connectivity index (χ3n) is 2.42. The fourth-order valence-corrected chi connectivity index (χ4v) is 1.47. The van der Waals surface area contributed by atoms with Gasteiger partial charge in [0.15, 0.2) is 11.5 Å². The van der Waals surface area contributed by atoms with Crippen molar-refractivity contribution in [1.82, 2.24) is 5.32 Å². The second-order valence-electron chi connectivity index (χ2n) is 4.42. The van der Waals surface area contributed by atoms with E-state index in [2.05, 4.69) is 5.32 Å². The van der Waals surface area contributed by atoms with Crippen molar-refractivity contribution in [1.29, 1.82) is 0 Å². The van der Waals surface area contributed by atoms with Crippen molar-refractivity contribution >= 4 is 11.9 Å². The lowest BCUT2D eigenvalue weighted by molar-refractivity contribution is -0.141. The van der Waals surface area contributed by atoms with Gasteiger partial charge in [-0.15, -0.1) is 0 Å². The fraction of sp³-hybridized carbons (Fsp3) is 0.333. The number of carboxylic acid groups (broad SMARTS) is 1. The molecule has 7 nitrogen and oxygen atoms in total. The minimum absolute atomic E-state index is 0.161. The van der Waals surface area contributed by atoms with Crippen LogP contribution in [0.25, 0.3) is 0 Å². The molecule has 0 aliphatic carbocycles. The van der Waals surface area contributed by atoms with E-state index in [4.69, 9.17) is 5.11 Å². The number of hydrogen-bond donors (Lipinski definition) is 5. The number of phenols is 2. The number of aliphatic carboxylic acids is 1. The molecule has 0 aliphatic heterocycles. The molecule has 19 heavy (non-hydrogen) atoms. The predicted molar refractivity (Wildman–Crippen MR) is 65.0 cm³/mol. The molecule has 0 bridgehead atoms. The summed E-state index contributed by atoms with van der Waals surface area (Å²) in [4.78, 5) is 22.2. The highest BCUT2D eigenvalue weighted by Gasteiger charge is 2.25. The van der Waals surface area contributed by atoms with Gasteiger partial charge in [-0.1, -0.05) is 6.07 Å². The molecule has 1 amide bonds. The molecule has 0 saturated heterocycles. The molecule has 0 aromatic heterocycles. The first kappa shape index (κ1) is 14.8. The van der Waals surface area contributed by atoms with Crippen molar-refractivity contribution in [2.45, 2.75) is 18.9 Å². The minimum Gasteiger partial charge on any atom is -0.504 e. The van der Waals surface area contributed by atoms with E-state index in [0.29, 0.717) is 0 Å². The molecular formula is C12H15NO6. The van der Waals surface area contributed by atoms with Crippen LogP contribution in [0.2, 0.25) is 0 Å². The van der Waals surface area contributed by atoms with E-state index in [-0.39, 0.29) is 12.1 Å². The molecule has 0 spiro atoms. The molecule has 1 rings (SSSR count). The number of hydrogen-bond acceptors (Lipinski definition) is 5. The number of aromatic hydroxyl groups is 2. The van der Waals surface area contributed by atoms with Crippen molar-refractivity contribution in [3.8, 4) is 11.5 Å². The van der Waals surface area contributed by atoms with E-state index in [9.17, 15) is 24.9 Å². The zero-order chi connectivity index (χ0) is 14.6. The molecule has 0 radical (unpaired) electrons. The van der Waals surface area contributed by atoms with Gasteiger partial charge >= 0.3 is 5.97 Å². The Bertz CT molecular complexity index is 497. The van der Waals surface area contributed by atoms with E-state index in [1.54, 1.807) is 0 Å². The summed E-state index contributed by atoms with van der Waals surface area (Å²) in [5, 5.41) is 39.3. The Morgan fingerprint density at radius 1 is 1.32 bits per heavy atom. The van der Waals surface area contributed by atoms with E-state index in [1.807, 2.05) is 0 Å². The maximum absolute atomic E-state index is 11.7. The lowest BCUT2D eigenvalue weighted by atomic mass is 10.0. The molecule has 1 aromatic rings. The quantitative estimate of drug-likeness (QED) is 0.481. The Hall–Kier alpha value is -2.28. The summed E-state index contributed by atoms with van der Waals surface area (Å²) >= 11 is 0. The van der Waals surface area contributed by atoms with Crippen molar-refractivity contribution in [3.05, 3.63) is 23.8 Å². The maximum Gasteiger partial charge on any atom is 0.306 e. The summed E-state index contributed by atoms with van der Waals surface area (Å²) in [7, 11) is 0.